The summed E-state index contributed by atoms with van der Waals surface area (Å²) in [6.07, 6.45) is 0. The molecule has 0 bridgehead atoms. The quantitative estimate of drug-likeness (QED) is 0.682. The first-order chi connectivity index (χ1) is 6.14. The summed E-state index contributed by atoms with van der Waals surface area (Å²) in [7, 11) is 0. The van der Waals surface area contributed by atoms with Gasteiger partial charge in [0.25, 0.3) is 0 Å². The summed E-state index contributed by atoms with van der Waals surface area (Å²) in [6, 6.07) is 9.54. The molecule has 0 radical (unpaired) electrons. The van der Waals surface area contributed by atoms with E-state index in [9.17, 15) is 4.39 Å². The molecule has 13 heavy (non-hydrogen) atoms. The van der Waals surface area contributed by atoms with Crippen molar-refractivity contribution in [2.45, 2.75) is 18.6 Å². The van der Waals surface area contributed by atoms with E-state index in [1.54, 1.807) is 0 Å². The molecule has 0 aliphatic carbocycles. The topological polar surface area (TPSA) is 9.23 Å². The Morgan fingerprint density at radius 1 is 1.38 bits per heavy atom. The van der Waals surface area contributed by atoms with Gasteiger partial charge in [-0.3, -0.25) is 0 Å². The number of hydrogen-bond acceptors (Lipinski definition) is 1. The van der Waals surface area contributed by atoms with Crippen LogP contribution in [0.15, 0.2) is 30.3 Å². The summed E-state index contributed by atoms with van der Waals surface area (Å²) in [5.41, 5.74) is 0.989. The maximum Gasteiger partial charge on any atom is 0.167 e. The molecule has 0 fully saturated rings. The van der Waals surface area contributed by atoms with Gasteiger partial charge in [0.05, 0.1) is 6.61 Å². The minimum absolute atomic E-state index is 0.338. The van der Waals surface area contributed by atoms with Crippen LogP contribution < -0.4 is 0 Å². The lowest BCUT2D eigenvalue weighted by atomic mass is 10.2. The van der Waals surface area contributed by atoms with Gasteiger partial charge in [0.1, 0.15) is 6.67 Å². The summed E-state index contributed by atoms with van der Waals surface area (Å²) in [4.78, 5) is 0. The Labute approximate surface area is 82.5 Å². The van der Waals surface area contributed by atoms with Crippen LogP contribution in [0.3, 0.4) is 0 Å². The highest BCUT2D eigenvalue weighted by Gasteiger charge is 2.20. The predicted octanol–water partition coefficient (Wildman–Crippen LogP) is 3.13. The van der Waals surface area contributed by atoms with Crippen molar-refractivity contribution in [2.75, 3.05) is 6.67 Å². The molecule has 1 unspecified atom stereocenters. The molecule has 0 amide bonds. The van der Waals surface area contributed by atoms with E-state index in [0.29, 0.717) is 6.61 Å². The second-order valence-corrected chi connectivity index (χ2v) is 3.81. The van der Waals surface area contributed by atoms with Crippen molar-refractivity contribution in [1.82, 2.24) is 0 Å². The van der Waals surface area contributed by atoms with Crippen LogP contribution in [0.25, 0.3) is 0 Å². The lowest BCUT2D eigenvalue weighted by Gasteiger charge is -2.18. The van der Waals surface area contributed by atoms with Gasteiger partial charge in [0.15, 0.2) is 5.06 Å². The minimum atomic E-state index is -1.20. The van der Waals surface area contributed by atoms with Crippen LogP contribution >= 0.6 is 11.6 Å². The molecule has 0 aliphatic heterocycles. The monoisotopic (exact) mass is 202 g/mol. The molecular weight excluding hydrogens is 191 g/mol. The largest absolute Gasteiger partial charge is 0.353 e. The lowest BCUT2D eigenvalue weighted by molar-refractivity contribution is 0.00381. The maximum atomic E-state index is 12.2. The highest BCUT2D eigenvalue weighted by Crippen LogP contribution is 2.18. The average Bonchev–Trinajstić information content (AvgIpc) is 2.17. The van der Waals surface area contributed by atoms with Crippen LogP contribution in [0.2, 0.25) is 0 Å². The van der Waals surface area contributed by atoms with E-state index in [1.165, 1.54) is 6.92 Å². The Balaban J connectivity index is 2.44. The van der Waals surface area contributed by atoms with Gasteiger partial charge >= 0.3 is 0 Å². The van der Waals surface area contributed by atoms with Crippen molar-refractivity contribution in [1.29, 1.82) is 0 Å². The zero-order chi connectivity index (χ0) is 9.73. The first-order valence-electron chi connectivity index (χ1n) is 4.07. The zero-order valence-corrected chi connectivity index (χ0v) is 8.22. The Kier molecular flexibility index (Phi) is 3.70. The summed E-state index contributed by atoms with van der Waals surface area (Å²) >= 11 is 5.67. The average molecular weight is 203 g/mol. The standard InChI is InChI=1S/C10H12ClFO/c1-10(11,8-12)13-7-9-5-3-2-4-6-9/h2-6H,7-8H2,1H3. The summed E-state index contributed by atoms with van der Waals surface area (Å²) in [6.45, 7) is 1.16. The number of hydrogen-bond donors (Lipinski definition) is 0. The van der Waals surface area contributed by atoms with E-state index in [4.69, 9.17) is 16.3 Å². The molecule has 3 heteroatoms. The molecule has 0 spiro atoms. The number of ether oxygens (including phenoxy) is 1. The van der Waals surface area contributed by atoms with Crippen LogP contribution in [0.4, 0.5) is 4.39 Å². The molecule has 0 aliphatic rings. The SMILES string of the molecule is CC(Cl)(CF)OCc1ccccc1. The van der Waals surface area contributed by atoms with Gasteiger partial charge in [0.2, 0.25) is 0 Å². The Morgan fingerprint density at radius 3 is 2.54 bits per heavy atom. The molecule has 1 rings (SSSR count). The molecule has 0 saturated heterocycles. The minimum Gasteiger partial charge on any atom is -0.353 e. The third-order valence-electron chi connectivity index (χ3n) is 1.62. The highest BCUT2D eigenvalue weighted by atomic mass is 35.5. The number of benzene rings is 1. The fraction of sp³-hybridized carbons (Fsp3) is 0.400. The smallest absolute Gasteiger partial charge is 0.167 e. The maximum absolute atomic E-state index is 12.2. The van der Waals surface area contributed by atoms with Crippen molar-refractivity contribution in [3.63, 3.8) is 0 Å². The summed E-state index contributed by atoms with van der Waals surface area (Å²) < 4.78 is 17.4. The fourth-order valence-electron chi connectivity index (χ4n) is 0.847. The molecule has 0 heterocycles. The summed E-state index contributed by atoms with van der Waals surface area (Å²) in [5, 5.41) is -1.20. The third kappa shape index (κ3) is 3.75. The molecule has 1 aromatic rings. The van der Waals surface area contributed by atoms with Gasteiger partial charge in [-0.1, -0.05) is 41.9 Å². The normalized spacial score (nSPS) is 15.3. The van der Waals surface area contributed by atoms with Gasteiger partial charge in [0, 0.05) is 0 Å². The van der Waals surface area contributed by atoms with Gasteiger partial charge < -0.3 is 4.74 Å². The molecule has 72 valence electrons. The van der Waals surface area contributed by atoms with Crippen molar-refractivity contribution in [3.8, 4) is 0 Å². The fourth-order valence-corrected chi connectivity index (χ4v) is 0.901. The number of alkyl halides is 2. The van der Waals surface area contributed by atoms with Crippen LogP contribution in [0, 0.1) is 0 Å². The Bertz CT molecular complexity index is 248. The van der Waals surface area contributed by atoms with E-state index < -0.39 is 11.7 Å². The van der Waals surface area contributed by atoms with Gasteiger partial charge in [-0.15, -0.1) is 0 Å². The number of halogens is 2. The van der Waals surface area contributed by atoms with Crippen LogP contribution in [-0.2, 0) is 11.3 Å². The van der Waals surface area contributed by atoms with Crippen LogP contribution in [-0.4, -0.2) is 11.7 Å². The van der Waals surface area contributed by atoms with Crippen molar-refractivity contribution in [3.05, 3.63) is 35.9 Å². The number of rotatable bonds is 4. The predicted molar refractivity (Wildman–Crippen MR) is 51.5 cm³/mol. The van der Waals surface area contributed by atoms with E-state index in [1.807, 2.05) is 30.3 Å². The molecule has 1 atom stereocenters. The van der Waals surface area contributed by atoms with Crippen molar-refractivity contribution >= 4 is 11.6 Å². The lowest BCUT2D eigenvalue weighted by Crippen LogP contribution is -2.23. The first-order valence-corrected chi connectivity index (χ1v) is 4.44. The molecule has 1 aromatic carbocycles. The molecule has 0 aromatic heterocycles. The Morgan fingerprint density at radius 2 is 2.00 bits per heavy atom. The first kappa shape index (κ1) is 10.5. The van der Waals surface area contributed by atoms with E-state index in [2.05, 4.69) is 0 Å². The second-order valence-electron chi connectivity index (χ2n) is 3.01. The van der Waals surface area contributed by atoms with Gasteiger partial charge in [-0.2, -0.15) is 0 Å². The van der Waals surface area contributed by atoms with Crippen molar-refractivity contribution in [2.24, 2.45) is 0 Å². The van der Waals surface area contributed by atoms with E-state index in [0.717, 1.165) is 5.56 Å². The summed E-state index contributed by atoms with van der Waals surface area (Å²) in [5.74, 6) is 0. The molecular formula is C10H12ClFO. The van der Waals surface area contributed by atoms with Gasteiger partial charge in [-0.05, 0) is 12.5 Å². The third-order valence-corrected chi connectivity index (χ3v) is 1.83. The van der Waals surface area contributed by atoms with Crippen LogP contribution in [0.1, 0.15) is 12.5 Å². The molecule has 1 nitrogen and oxygen atoms in total. The van der Waals surface area contributed by atoms with Crippen LogP contribution in [0.5, 0.6) is 0 Å². The van der Waals surface area contributed by atoms with E-state index in [-0.39, 0.29) is 0 Å². The molecule has 0 N–H and O–H groups in total. The van der Waals surface area contributed by atoms with Gasteiger partial charge in [-0.25, -0.2) is 4.39 Å². The zero-order valence-electron chi connectivity index (χ0n) is 7.47. The second kappa shape index (κ2) is 4.58. The van der Waals surface area contributed by atoms with E-state index >= 15 is 0 Å². The van der Waals surface area contributed by atoms with Crippen molar-refractivity contribution < 1.29 is 9.13 Å². The Hall–Kier alpha value is -0.600. The molecule has 0 saturated carbocycles. The highest BCUT2D eigenvalue weighted by molar-refractivity contribution is 6.22.